The van der Waals surface area contributed by atoms with Crippen molar-refractivity contribution < 1.29 is 4.79 Å². The Kier molecular flexibility index (Phi) is 5.14. The number of hydrogen-bond acceptors (Lipinski definition) is 2. The number of benzene rings is 2. The number of nitrogens with one attached hydrogen (secondary N) is 1. The SMILES string of the molecule is CC[C@@H](C)c1ccc(NC(=O)c2sc3cc(Cl)ccc3c2Cl)cc1. The van der Waals surface area contributed by atoms with Gasteiger partial charge in [0.2, 0.25) is 0 Å². The van der Waals surface area contributed by atoms with Gasteiger partial charge < -0.3 is 5.32 Å². The molecule has 1 amide bonds. The van der Waals surface area contributed by atoms with E-state index in [1.165, 1.54) is 16.9 Å². The predicted octanol–water partition coefficient (Wildman–Crippen LogP) is 6.97. The van der Waals surface area contributed by atoms with Crippen molar-refractivity contribution in [2.24, 2.45) is 0 Å². The smallest absolute Gasteiger partial charge is 0.267 e. The highest BCUT2D eigenvalue weighted by Gasteiger charge is 2.17. The molecule has 0 aliphatic carbocycles. The zero-order valence-corrected chi connectivity index (χ0v) is 15.7. The van der Waals surface area contributed by atoms with Gasteiger partial charge in [-0.2, -0.15) is 0 Å². The van der Waals surface area contributed by atoms with Crippen LogP contribution in [0.2, 0.25) is 10.0 Å². The van der Waals surface area contributed by atoms with E-state index in [-0.39, 0.29) is 5.91 Å². The molecule has 0 bridgehead atoms. The lowest BCUT2D eigenvalue weighted by molar-refractivity contribution is 0.103. The van der Waals surface area contributed by atoms with Gasteiger partial charge in [-0.05, 0) is 42.2 Å². The van der Waals surface area contributed by atoms with Gasteiger partial charge in [0, 0.05) is 20.8 Å². The summed E-state index contributed by atoms with van der Waals surface area (Å²) in [4.78, 5) is 13.0. The van der Waals surface area contributed by atoms with Crippen molar-refractivity contribution in [2.45, 2.75) is 26.2 Å². The lowest BCUT2D eigenvalue weighted by Gasteiger charge is -2.10. The van der Waals surface area contributed by atoms with Crippen LogP contribution in [0.3, 0.4) is 0 Å². The number of carbonyl (C=O) groups excluding carboxylic acids is 1. The van der Waals surface area contributed by atoms with Crippen molar-refractivity contribution in [3.05, 3.63) is 63.0 Å². The van der Waals surface area contributed by atoms with Crippen LogP contribution in [0.5, 0.6) is 0 Å². The van der Waals surface area contributed by atoms with Gasteiger partial charge in [0.25, 0.3) is 5.91 Å². The fourth-order valence-electron chi connectivity index (χ4n) is 2.50. The normalized spacial score (nSPS) is 12.3. The number of rotatable bonds is 4. The third-order valence-corrected chi connectivity index (χ3v) is 6.04. The van der Waals surface area contributed by atoms with Crippen LogP contribution in [0, 0.1) is 0 Å². The monoisotopic (exact) mass is 377 g/mol. The van der Waals surface area contributed by atoms with Crippen LogP contribution in [-0.2, 0) is 0 Å². The summed E-state index contributed by atoms with van der Waals surface area (Å²) in [7, 11) is 0. The van der Waals surface area contributed by atoms with Crippen molar-refractivity contribution in [2.75, 3.05) is 5.32 Å². The van der Waals surface area contributed by atoms with Crippen molar-refractivity contribution in [1.82, 2.24) is 0 Å². The molecule has 0 fully saturated rings. The van der Waals surface area contributed by atoms with Crippen LogP contribution >= 0.6 is 34.5 Å². The third kappa shape index (κ3) is 3.44. The minimum atomic E-state index is -0.200. The highest BCUT2D eigenvalue weighted by molar-refractivity contribution is 7.21. The first-order chi connectivity index (χ1) is 11.5. The van der Waals surface area contributed by atoms with Crippen LogP contribution < -0.4 is 5.32 Å². The maximum Gasteiger partial charge on any atom is 0.267 e. The second kappa shape index (κ2) is 7.14. The second-order valence-corrected chi connectivity index (χ2v) is 7.64. The van der Waals surface area contributed by atoms with Gasteiger partial charge in [-0.15, -0.1) is 11.3 Å². The Morgan fingerprint density at radius 2 is 1.88 bits per heavy atom. The average molecular weight is 378 g/mol. The van der Waals surface area contributed by atoms with Crippen molar-refractivity contribution in [3.8, 4) is 0 Å². The Morgan fingerprint density at radius 1 is 1.17 bits per heavy atom. The largest absolute Gasteiger partial charge is 0.321 e. The van der Waals surface area contributed by atoms with E-state index in [0.717, 1.165) is 22.2 Å². The molecule has 5 heteroatoms. The summed E-state index contributed by atoms with van der Waals surface area (Å²) in [6, 6.07) is 13.4. The standard InChI is InChI=1S/C19H17Cl2NOS/c1-3-11(2)12-4-7-14(8-5-12)22-19(23)18-17(21)15-9-6-13(20)10-16(15)24-18/h4-11H,3H2,1-2H3,(H,22,23)/t11-/m1/s1. The Bertz CT molecular complexity index is 886. The number of thiophene rings is 1. The average Bonchev–Trinajstić information content (AvgIpc) is 2.91. The van der Waals surface area contributed by atoms with Crippen LogP contribution in [0.1, 0.15) is 41.4 Å². The molecule has 1 atom stereocenters. The molecule has 0 aliphatic rings. The van der Waals surface area contributed by atoms with Gasteiger partial charge >= 0.3 is 0 Å². The van der Waals surface area contributed by atoms with Crippen LogP contribution in [-0.4, -0.2) is 5.91 Å². The molecule has 0 unspecified atom stereocenters. The van der Waals surface area contributed by atoms with E-state index >= 15 is 0 Å². The summed E-state index contributed by atoms with van der Waals surface area (Å²) >= 11 is 13.7. The molecule has 0 aliphatic heterocycles. The predicted molar refractivity (Wildman–Crippen MR) is 105 cm³/mol. The maximum absolute atomic E-state index is 12.5. The van der Waals surface area contributed by atoms with Gasteiger partial charge in [0.15, 0.2) is 0 Å². The van der Waals surface area contributed by atoms with E-state index in [0.29, 0.717) is 20.8 Å². The molecule has 1 aromatic heterocycles. The molecule has 1 N–H and O–H groups in total. The number of hydrogen-bond donors (Lipinski definition) is 1. The summed E-state index contributed by atoms with van der Waals surface area (Å²) in [5.41, 5.74) is 2.03. The quantitative estimate of drug-likeness (QED) is 0.522. The minimum Gasteiger partial charge on any atom is -0.321 e. The summed E-state index contributed by atoms with van der Waals surface area (Å²) in [5.74, 6) is 0.310. The van der Waals surface area contributed by atoms with Gasteiger partial charge in [-0.25, -0.2) is 0 Å². The number of fused-ring (bicyclic) bond motifs is 1. The van der Waals surface area contributed by atoms with E-state index < -0.39 is 0 Å². The van der Waals surface area contributed by atoms with Crippen molar-refractivity contribution >= 4 is 56.2 Å². The number of carbonyl (C=O) groups is 1. The molecule has 1 heterocycles. The van der Waals surface area contributed by atoms with Gasteiger partial charge in [0.1, 0.15) is 4.88 Å². The molecule has 0 radical (unpaired) electrons. The molecule has 2 aromatic carbocycles. The highest BCUT2D eigenvalue weighted by Crippen LogP contribution is 2.37. The van der Waals surface area contributed by atoms with Crippen LogP contribution in [0.25, 0.3) is 10.1 Å². The fraction of sp³-hybridized carbons (Fsp3) is 0.211. The Hall–Kier alpha value is -1.55. The number of anilines is 1. The summed E-state index contributed by atoms with van der Waals surface area (Å²) in [6.07, 6.45) is 1.09. The van der Waals surface area contributed by atoms with Crippen molar-refractivity contribution in [1.29, 1.82) is 0 Å². The molecule has 0 spiro atoms. The van der Waals surface area contributed by atoms with E-state index in [1.54, 1.807) is 6.07 Å². The molecule has 124 valence electrons. The van der Waals surface area contributed by atoms with Crippen LogP contribution in [0.4, 0.5) is 5.69 Å². The van der Waals surface area contributed by atoms with E-state index in [2.05, 4.69) is 31.3 Å². The zero-order valence-electron chi connectivity index (χ0n) is 13.4. The summed E-state index contributed by atoms with van der Waals surface area (Å²) < 4.78 is 0.907. The Balaban J connectivity index is 1.83. The fourth-order valence-corrected chi connectivity index (χ4v) is 4.19. The molecular weight excluding hydrogens is 361 g/mol. The maximum atomic E-state index is 12.5. The summed E-state index contributed by atoms with van der Waals surface area (Å²) in [6.45, 7) is 4.35. The van der Waals surface area contributed by atoms with E-state index in [9.17, 15) is 4.79 Å². The van der Waals surface area contributed by atoms with Gasteiger partial charge in [-0.3, -0.25) is 4.79 Å². The first-order valence-corrected chi connectivity index (χ1v) is 9.35. The zero-order chi connectivity index (χ0) is 17.3. The first kappa shape index (κ1) is 17.3. The van der Waals surface area contributed by atoms with Crippen molar-refractivity contribution in [3.63, 3.8) is 0 Å². The highest BCUT2D eigenvalue weighted by atomic mass is 35.5. The first-order valence-electron chi connectivity index (χ1n) is 7.78. The summed E-state index contributed by atoms with van der Waals surface area (Å²) in [5, 5.41) is 4.87. The second-order valence-electron chi connectivity index (χ2n) is 5.77. The topological polar surface area (TPSA) is 29.1 Å². The molecule has 2 nitrogen and oxygen atoms in total. The molecule has 3 rings (SSSR count). The Morgan fingerprint density at radius 3 is 2.54 bits per heavy atom. The van der Waals surface area contributed by atoms with Gasteiger partial charge in [0.05, 0.1) is 5.02 Å². The lowest BCUT2D eigenvalue weighted by Crippen LogP contribution is -2.10. The molecule has 3 aromatic rings. The molecule has 0 saturated heterocycles. The molecule has 24 heavy (non-hydrogen) atoms. The molecule has 0 saturated carbocycles. The number of halogens is 2. The van der Waals surface area contributed by atoms with E-state index in [1.807, 2.05) is 24.3 Å². The van der Waals surface area contributed by atoms with Gasteiger partial charge in [-0.1, -0.05) is 55.2 Å². The minimum absolute atomic E-state index is 0.200. The Labute approximate surface area is 155 Å². The lowest BCUT2D eigenvalue weighted by atomic mass is 9.99. The third-order valence-electron chi connectivity index (χ3n) is 4.15. The van der Waals surface area contributed by atoms with Crippen LogP contribution in [0.15, 0.2) is 42.5 Å². The van der Waals surface area contributed by atoms with E-state index in [4.69, 9.17) is 23.2 Å². The number of amides is 1. The molecular formula is C19H17Cl2NOS.